The van der Waals surface area contributed by atoms with Gasteiger partial charge in [0.2, 0.25) is 0 Å². The summed E-state index contributed by atoms with van der Waals surface area (Å²) in [5.41, 5.74) is 13.6. The van der Waals surface area contributed by atoms with Crippen molar-refractivity contribution in [2.75, 3.05) is 18.0 Å². The van der Waals surface area contributed by atoms with Crippen LogP contribution in [0.3, 0.4) is 0 Å². The van der Waals surface area contributed by atoms with Crippen molar-refractivity contribution in [3.63, 3.8) is 0 Å². The molecule has 0 aliphatic heterocycles. The molecule has 0 radical (unpaired) electrons. The minimum atomic E-state index is -0.482. The van der Waals surface area contributed by atoms with Gasteiger partial charge in [-0.05, 0) is 43.7 Å². The first kappa shape index (κ1) is 15.0. The lowest BCUT2D eigenvalue weighted by molar-refractivity contribution is 0.100. The maximum absolute atomic E-state index is 11.6. The van der Waals surface area contributed by atoms with E-state index in [9.17, 15) is 4.79 Å². The van der Waals surface area contributed by atoms with E-state index in [1.807, 2.05) is 36.1 Å². The number of carbonyl (C=O) groups excluding carboxylic acids is 1. The predicted octanol–water partition coefficient (Wildman–Crippen LogP) is 1.98. The Morgan fingerprint density at radius 1 is 1.24 bits per heavy atom. The molecule has 1 heterocycles. The molecule has 2 aromatic rings. The topological polar surface area (TPSA) is 85.2 Å². The molecule has 0 saturated carbocycles. The van der Waals surface area contributed by atoms with Crippen LogP contribution in [0, 0.1) is 6.92 Å². The maximum Gasteiger partial charge on any atom is 0.252 e. The summed E-state index contributed by atoms with van der Waals surface area (Å²) < 4.78 is 0. The summed E-state index contributed by atoms with van der Waals surface area (Å²) in [4.78, 5) is 18.0. The fourth-order valence-corrected chi connectivity index (χ4v) is 2.26. The lowest BCUT2D eigenvalue weighted by atomic mass is 10.1. The number of amides is 1. The van der Waals surface area contributed by atoms with Crippen molar-refractivity contribution in [1.29, 1.82) is 0 Å². The average molecular weight is 284 g/mol. The van der Waals surface area contributed by atoms with E-state index in [1.54, 1.807) is 18.3 Å². The second kappa shape index (κ2) is 6.85. The molecule has 1 aromatic heterocycles. The quantitative estimate of drug-likeness (QED) is 0.849. The van der Waals surface area contributed by atoms with E-state index in [0.29, 0.717) is 24.5 Å². The molecule has 0 spiro atoms. The molecule has 0 fully saturated rings. The number of benzene rings is 1. The second-order valence-corrected chi connectivity index (χ2v) is 4.82. The van der Waals surface area contributed by atoms with Crippen LogP contribution in [-0.4, -0.2) is 24.0 Å². The normalized spacial score (nSPS) is 10.4. The highest BCUT2D eigenvalue weighted by Gasteiger charge is 2.18. The van der Waals surface area contributed by atoms with Crippen LogP contribution >= 0.6 is 0 Å². The fraction of sp³-hybridized carbons (Fsp3) is 0.250. The molecule has 4 N–H and O–H groups in total. The Kier molecular flexibility index (Phi) is 4.90. The number of primary amides is 1. The van der Waals surface area contributed by atoms with Crippen LogP contribution in [0.4, 0.5) is 11.5 Å². The molecule has 2 rings (SSSR count). The van der Waals surface area contributed by atoms with Crippen molar-refractivity contribution >= 4 is 17.4 Å². The smallest absolute Gasteiger partial charge is 0.252 e. The first-order chi connectivity index (χ1) is 10.1. The Labute approximate surface area is 124 Å². The second-order valence-electron chi connectivity index (χ2n) is 4.82. The number of para-hydroxylation sites is 1. The van der Waals surface area contributed by atoms with Crippen LogP contribution in [-0.2, 0) is 0 Å². The van der Waals surface area contributed by atoms with Crippen molar-refractivity contribution in [1.82, 2.24) is 4.98 Å². The summed E-state index contributed by atoms with van der Waals surface area (Å²) >= 11 is 0. The lowest BCUT2D eigenvalue weighted by Crippen LogP contribution is -2.26. The summed E-state index contributed by atoms with van der Waals surface area (Å²) in [6.07, 6.45) is 2.46. The van der Waals surface area contributed by atoms with Crippen LogP contribution < -0.4 is 16.4 Å². The van der Waals surface area contributed by atoms with Gasteiger partial charge in [0.25, 0.3) is 5.91 Å². The maximum atomic E-state index is 11.6. The zero-order valence-electron chi connectivity index (χ0n) is 12.1. The number of hydrogen-bond donors (Lipinski definition) is 2. The molecule has 5 nitrogen and oxygen atoms in total. The molecule has 0 saturated heterocycles. The number of aryl methyl sites for hydroxylation is 1. The van der Waals surface area contributed by atoms with Gasteiger partial charge in [-0.15, -0.1) is 0 Å². The third-order valence-electron chi connectivity index (χ3n) is 3.30. The van der Waals surface area contributed by atoms with Crippen LogP contribution in [0.15, 0.2) is 42.6 Å². The minimum Gasteiger partial charge on any atom is -0.365 e. The van der Waals surface area contributed by atoms with Crippen LogP contribution in [0.2, 0.25) is 0 Å². The number of anilines is 2. The molecule has 0 unspecified atom stereocenters. The third kappa shape index (κ3) is 3.38. The molecule has 1 amide bonds. The van der Waals surface area contributed by atoms with Crippen molar-refractivity contribution in [3.8, 4) is 0 Å². The van der Waals surface area contributed by atoms with Gasteiger partial charge in [-0.2, -0.15) is 0 Å². The van der Waals surface area contributed by atoms with E-state index in [1.165, 1.54) is 0 Å². The Morgan fingerprint density at radius 3 is 2.67 bits per heavy atom. The summed E-state index contributed by atoms with van der Waals surface area (Å²) in [5.74, 6) is 0.0946. The number of nitrogens with two attached hydrogens (primary N) is 2. The van der Waals surface area contributed by atoms with E-state index in [4.69, 9.17) is 11.5 Å². The Morgan fingerprint density at radius 2 is 2.00 bits per heavy atom. The summed E-state index contributed by atoms with van der Waals surface area (Å²) in [6.45, 7) is 3.28. The van der Waals surface area contributed by atoms with E-state index in [-0.39, 0.29) is 0 Å². The molecule has 0 aliphatic rings. The molecule has 110 valence electrons. The van der Waals surface area contributed by atoms with E-state index in [2.05, 4.69) is 4.98 Å². The highest BCUT2D eigenvalue weighted by atomic mass is 16.1. The minimum absolute atomic E-state index is 0.415. The molecule has 0 aliphatic carbocycles. The number of carbonyl (C=O) groups is 1. The van der Waals surface area contributed by atoms with Gasteiger partial charge in [-0.25, -0.2) is 4.98 Å². The SMILES string of the molecule is Cc1ccccc1N(CCCN)c1ncccc1C(N)=O. The van der Waals surface area contributed by atoms with Crippen molar-refractivity contribution in [2.45, 2.75) is 13.3 Å². The van der Waals surface area contributed by atoms with Gasteiger partial charge in [-0.3, -0.25) is 4.79 Å². The van der Waals surface area contributed by atoms with E-state index >= 15 is 0 Å². The molecule has 21 heavy (non-hydrogen) atoms. The number of nitrogens with zero attached hydrogens (tertiary/aromatic N) is 2. The van der Waals surface area contributed by atoms with Crippen molar-refractivity contribution < 1.29 is 4.79 Å². The van der Waals surface area contributed by atoms with Crippen LogP contribution in [0.5, 0.6) is 0 Å². The predicted molar refractivity (Wildman–Crippen MR) is 84.6 cm³/mol. The third-order valence-corrected chi connectivity index (χ3v) is 3.30. The zero-order valence-corrected chi connectivity index (χ0v) is 12.1. The Hall–Kier alpha value is -2.40. The van der Waals surface area contributed by atoms with Gasteiger partial charge in [-0.1, -0.05) is 18.2 Å². The largest absolute Gasteiger partial charge is 0.365 e. The van der Waals surface area contributed by atoms with Gasteiger partial charge in [0.05, 0.1) is 5.56 Å². The van der Waals surface area contributed by atoms with Gasteiger partial charge in [0, 0.05) is 18.4 Å². The Bertz CT molecular complexity index is 627. The number of aromatic nitrogens is 1. The molecule has 0 bridgehead atoms. The number of rotatable bonds is 6. The molecular weight excluding hydrogens is 264 g/mol. The zero-order chi connectivity index (χ0) is 15.2. The lowest BCUT2D eigenvalue weighted by Gasteiger charge is -2.26. The fourth-order valence-electron chi connectivity index (χ4n) is 2.26. The average Bonchev–Trinajstić information content (AvgIpc) is 2.49. The summed E-state index contributed by atoms with van der Waals surface area (Å²) in [6, 6.07) is 11.4. The van der Waals surface area contributed by atoms with Gasteiger partial charge in [0.15, 0.2) is 0 Å². The van der Waals surface area contributed by atoms with Crippen molar-refractivity contribution in [3.05, 3.63) is 53.7 Å². The first-order valence-corrected chi connectivity index (χ1v) is 6.93. The Balaban J connectivity index is 2.51. The van der Waals surface area contributed by atoms with Gasteiger partial charge in [0.1, 0.15) is 5.82 Å². The first-order valence-electron chi connectivity index (χ1n) is 6.93. The monoisotopic (exact) mass is 284 g/mol. The van der Waals surface area contributed by atoms with Crippen LogP contribution in [0.25, 0.3) is 0 Å². The highest BCUT2D eigenvalue weighted by molar-refractivity contribution is 5.98. The summed E-state index contributed by atoms with van der Waals surface area (Å²) in [7, 11) is 0. The molecule has 0 atom stereocenters. The molecule has 5 heteroatoms. The van der Waals surface area contributed by atoms with E-state index in [0.717, 1.165) is 17.7 Å². The highest BCUT2D eigenvalue weighted by Crippen LogP contribution is 2.29. The molecule has 1 aromatic carbocycles. The van der Waals surface area contributed by atoms with Crippen molar-refractivity contribution in [2.24, 2.45) is 11.5 Å². The van der Waals surface area contributed by atoms with Gasteiger partial charge < -0.3 is 16.4 Å². The standard InChI is InChI=1S/C16H20N4O/c1-12-6-2-3-8-14(12)20(11-5-9-17)16-13(15(18)21)7-4-10-19-16/h2-4,6-8,10H,5,9,11,17H2,1H3,(H2,18,21). The summed E-state index contributed by atoms with van der Waals surface area (Å²) in [5, 5.41) is 0. The number of hydrogen-bond acceptors (Lipinski definition) is 4. The van der Waals surface area contributed by atoms with Gasteiger partial charge >= 0.3 is 0 Å². The van der Waals surface area contributed by atoms with Crippen LogP contribution in [0.1, 0.15) is 22.3 Å². The number of pyridine rings is 1. The molecular formula is C16H20N4O. The van der Waals surface area contributed by atoms with E-state index < -0.39 is 5.91 Å².